The van der Waals surface area contributed by atoms with Gasteiger partial charge in [-0.3, -0.25) is 9.79 Å². The summed E-state index contributed by atoms with van der Waals surface area (Å²) in [6, 6.07) is 15.5. The van der Waals surface area contributed by atoms with Gasteiger partial charge in [-0.2, -0.15) is 0 Å². The summed E-state index contributed by atoms with van der Waals surface area (Å²) in [4.78, 5) is 18.5. The van der Waals surface area contributed by atoms with Crippen LogP contribution in [0.15, 0.2) is 59.6 Å². The lowest BCUT2D eigenvalue weighted by Crippen LogP contribution is -2.39. The Labute approximate surface area is 153 Å². The summed E-state index contributed by atoms with van der Waals surface area (Å²) in [5.41, 5.74) is 1.63. The average Bonchev–Trinajstić information content (AvgIpc) is 2.66. The lowest BCUT2D eigenvalue weighted by Gasteiger charge is -2.22. The van der Waals surface area contributed by atoms with Crippen LogP contribution in [-0.4, -0.2) is 43.4 Å². The van der Waals surface area contributed by atoms with Crippen molar-refractivity contribution in [2.24, 2.45) is 4.99 Å². The van der Waals surface area contributed by atoms with E-state index in [2.05, 4.69) is 15.6 Å². The molecule has 0 aliphatic carbocycles. The molecule has 0 saturated carbocycles. The molecule has 0 spiro atoms. The second kappa shape index (κ2) is 10.2. The normalized spacial score (nSPS) is 11.1. The lowest BCUT2D eigenvalue weighted by molar-refractivity contribution is 0.0955. The maximum atomic E-state index is 13.0. The van der Waals surface area contributed by atoms with E-state index in [1.807, 2.05) is 37.1 Å². The van der Waals surface area contributed by atoms with E-state index in [1.165, 1.54) is 12.1 Å². The fourth-order valence-corrected chi connectivity index (χ4v) is 2.43. The van der Waals surface area contributed by atoms with E-state index in [0.717, 1.165) is 18.1 Å². The van der Waals surface area contributed by atoms with Gasteiger partial charge in [0.25, 0.3) is 5.91 Å². The summed E-state index contributed by atoms with van der Waals surface area (Å²) < 4.78 is 13.0. The molecule has 2 aromatic rings. The number of aliphatic imine (C=N–C) groups is 1. The summed E-state index contributed by atoms with van der Waals surface area (Å²) >= 11 is 0. The highest BCUT2D eigenvalue weighted by Crippen LogP contribution is 2.05. The molecule has 2 N–H and O–H groups in total. The van der Waals surface area contributed by atoms with Crippen molar-refractivity contribution in [3.05, 3.63) is 71.5 Å². The van der Waals surface area contributed by atoms with Crippen molar-refractivity contribution in [2.45, 2.75) is 13.5 Å². The number of hydrogen-bond acceptors (Lipinski definition) is 2. The van der Waals surface area contributed by atoms with Crippen molar-refractivity contribution in [1.29, 1.82) is 0 Å². The fraction of sp³-hybridized carbons (Fsp3) is 0.300. The van der Waals surface area contributed by atoms with Gasteiger partial charge in [0, 0.05) is 32.2 Å². The zero-order chi connectivity index (χ0) is 18.8. The molecule has 0 unspecified atom stereocenters. The van der Waals surface area contributed by atoms with Crippen molar-refractivity contribution < 1.29 is 9.18 Å². The molecule has 0 aliphatic rings. The topological polar surface area (TPSA) is 56.7 Å². The molecule has 5 nitrogen and oxygen atoms in total. The molecule has 0 heterocycles. The first-order valence-corrected chi connectivity index (χ1v) is 8.67. The minimum absolute atomic E-state index is 0.106. The Morgan fingerprint density at radius 3 is 2.42 bits per heavy atom. The lowest BCUT2D eigenvalue weighted by atomic mass is 10.2. The van der Waals surface area contributed by atoms with Crippen LogP contribution in [0.2, 0.25) is 0 Å². The summed E-state index contributed by atoms with van der Waals surface area (Å²) in [5.74, 6) is 0.391. The maximum absolute atomic E-state index is 13.0. The predicted octanol–water partition coefficient (Wildman–Crippen LogP) is 2.65. The highest BCUT2D eigenvalue weighted by Gasteiger charge is 2.07. The van der Waals surface area contributed by atoms with Crippen molar-refractivity contribution in [1.82, 2.24) is 15.5 Å². The number of hydrogen-bond donors (Lipinski definition) is 2. The molecule has 6 heteroatoms. The maximum Gasteiger partial charge on any atom is 0.251 e. The van der Waals surface area contributed by atoms with E-state index in [9.17, 15) is 9.18 Å². The first kappa shape index (κ1) is 19.4. The molecule has 26 heavy (non-hydrogen) atoms. The first-order valence-electron chi connectivity index (χ1n) is 8.67. The van der Waals surface area contributed by atoms with E-state index in [4.69, 9.17) is 0 Å². The third-order valence-corrected chi connectivity index (χ3v) is 3.72. The van der Waals surface area contributed by atoms with Crippen LogP contribution >= 0.6 is 0 Å². The molecule has 0 aliphatic heterocycles. The van der Waals surface area contributed by atoms with Crippen molar-refractivity contribution in [3.8, 4) is 0 Å². The Hall–Kier alpha value is -2.89. The Balaban J connectivity index is 1.87. The molecule has 2 aromatic carbocycles. The van der Waals surface area contributed by atoms with Crippen LogP contribution < -0.4 is 10.6 Å². The molecule has 0 fully saturated rings. The number of halogens is 1. The number of benzene rings is 2. The van der Waals surface area contributed by atoms with Crippen molar-refractivity contribution >= 4 is 11.9 Å². The predicted molar refractivity (Wildman–Crippen MR) is 103 cm³/mol. The Bertz CT molecular complexity index is 716. The van der Waals surface area contributed by atoms with Crippen LogP contribution in [-0.2, 0) is 6.54 Å². The van der Waals surface area contributed by atoms with Gasteiger partial charge in [-0.1, -0.05) is 30.3 Å². The number of guanidine groups is 1. The zero-order valence-corrected chi connectivity index (χ0v) is 15.2. The van der Waals surface area contributed by atoms with Crippen molar-refractivity contribution in [3.63, 3.8) is 0 Å². The van der Waals surface area contributed by atoms with Crippen LogP contribution in [0.3, 0.4) is 0 Å². The molecule has 0 radical (unpaired) electrons. The SMILES string of the molecule is CCNC(=NCCNC(=O)c1ccccc1)N(C)Cc1ccc(F)cc1. The van der Waals surface area contributed by atoms with Gasteiger partial charge < -0.3 is 15.5 Å². The van der Waals surface area contributed by atoms with E-state index >= 15 is 0 Å². The molecular weight excluding hydrogens is 331 g/mol. The summed E-state index contributed by atoms with van der Waals surface area (Å²) in [6.07, 6.45) is 0. The van der Waals surface area contributed by atoms with Crippen LogP contribution in [0, 0.1) is 5.82 Å². The molecule has 2 rings (SSSR count). The van der Waals surface area contributed by atoms with Gasteiger partial charge in [0.1, 0.15) is 5.82 Å². The highest BCUT2D eigenvalue weighted by molar-refractivity contribution is 5.94. The van der Waals surface area contributed by atoms with Crippen LogP contribution in [0.25, 0.3) is 0 Å². The number of nitrogens with zero attached hydrogens (tertiary/aromatic N) is 2. The van der Waals surface area contributed by atoms with Crippen molar-refractivity contribution in [2.75, 3.05) is 26.7 Å². The van der Waals surface area contributed by atoms with Gasteiger partial charge in [-0.15, -0.1) is 0 Å². The van der Waals surface area contributed by atoms with Gasteiger partial charge in [0.2, 0.25) is 0 Å². The first-order chi connectivity index (χ1) is 12.6. The summed E-state index contributed by atoms with van der Waals surface area (Å²) in [5, 5.41) is 6.08. The van der Waals surface area contributed by atoms with E-state index in [1.54, 1.807) is 24.3 Å². The quantitative estimate of drug-likeness (QED) is 0.456. The average molecular weight is 356 g/mol. The number of carbonyl (C=O) groups excluding carboxylic acids is 1. The molecule has 0 bridgehead atoms. The standard InChI is InChI=1S/C20H25FN4O/c1-3-22-20(25(2)15-16-9-11-18(21)12-10-16)24-14-13-23-19(26)17-7-5-4-6-8-17/h4-12H,3,13-15H2,1-2H3,(H,22,24)(H,23,26). The summed E-state index contributed by atoms with van der Waals surface area (Å²) in [7, 11) is 1.92. The van der Waals surface area contributed by atoms with Crippen LogP contribution in [0.5, 0.6) is 0 Å². The van der Waals surface area contributed by atoms with E-state index < -0.39 is 0 Å². The number of nitrogens with one attached hydrogen (secondary N) is 2. The minimum Gasteiger partial charge on any atom is -0.357 e. The molecule has 1 amide bonds. The molecule has 0 saturated heterocycles. The second-order valence-electron chi connectivity index (χ2n) is 5.84. The molecular formula is C20H25FN4O. The minimum atomic E-state index is -0.244. The largest absolute Gasteiger partial charge is 0.357 e. The smallest absolute Gasteiger partial charge is 0.251 e. The second-order valence-corrected chi connectivity index (χ2v) is 5.84. The number of carbonyl (C=O) groups is 1. The van der Waals surface area contributed by atoms with Gasteiger partial charge in [-0.25, -0.2) is 4.39 Å². The van der Waals surface area contributed by atoms with Gasteiger partial charge in [-0.05, 0) is 36.8 Å². The Kier molecular flexibility index (Phi) is 7.61. The third-order valence-electron chi connectivity index (χ3n) is 3.72. The van der Waals surface area contributed by atoms with Gasteiger partial charge >= 0.3 is 0 Å². The van der Waals surface area contributed by atoms with Gasteiger partial charge in [0.15, 0.2) is 5.96 Å². The van der Waals surface area contributed by atoms with Gasteiger partial charge in [0.05, 0.1) is 6.54 Å². The van der Waals surface area contributed by atoms with E-state index in [0.29, 0.717) is 25.2 Å². The Morgan fingerprint density at radius 1 is 1.08 bits per heavy atom. The van der Waals surface area contributed by atoms with Crippen LogP contribution in [0.4, 0.5) is 4.39 Å². The number of amides is 1. The molecule has 0 aromatic heterocycles. The third kappa shape index (κ3) is 6.20. The van der Waals surface area contributed by atoms with E-state index in [-0.39, 0.29) is 11.7 Å². The Morgan fingerprint density at radius 2 is 1.77 bits per heavy atom. The highest BCUT2D eigenvalue weighted by atomic mass is 19.1. The zero-order valence-electron chi connectivity index (χ0n) is 15.2. The summed E-state index contributed by atoms with van der Waals surface area (Å²) in [6.45, 7) is 4.27. The monoisotopic (exact) mass is 356 g/mol. The molecule has 138 valence electrons. The van der Waals surface area contributed by atoms with Crippen LogP contribution in [0.1, 0.15) is 22.8 Å². The number of rotatable bonds is 7. The fourth-order valence-electron chi connectivity index (χ4n) is 2.43. The molecule has 0 atom stereocenters.